The van der Waals surface area contributed by atoms with Crippen molar-refractivity contribution < 1.29 is 27.9 Å². The van der Waals surface area contributed by atoms with E-state index in [2.05, 4.69) is 0 Å². The van der Waals surface area contributed by atoms with Crippen LogP contribution < -0.4 is 0 Å². The average molecular weight is 385 g/mol. The van der Waals surface area contributed by atoms with Gasteiger partial charge in [0, 0.05) is 24.2 Å². The number of aryl methyl sites for hydroxylation is 1. The van der Waals surface area contributed by atoms with Crippen LogP contribution >= 0.6 is 11.3 Å². The SMILES string of the molecule is O=C(O)[C@@H]1CN(C(=O)CCCc2csc3ccccc23)C[C@H]1C(F)(F)F. The summed E-state index contributed by atoms with van der Waals surface area (Å²) < 4.78 is 40.1. The fraction of sp³-hybridized carbons (Fsp3) is 0.444. The summed E-state index contributed by atoms with van der Waals surface area (Å²) in [6, 6.07) is 7.92. The number of amides is 1. The second kappa shape index (κ2) is 7.26. The summed E-state index contributed by atoms with van der Waals surface area (Å²) in [6.07, 6.45) is -3.33. The topological polar surface area (TPSA) is 57.6 Å². The molecule has 1 aromatic heterocycles. The molecule has 0 unspecified atom stereocenters. The molecule has 0 radical (unpaired) electrons. The van der Waals surface area contributed by atoms with Gasteiger partial charge in [-0.2, -0.15) is 13.2 Å². The first-order valence-corrected chi connectivity index (χ1v) is 9.17. The summed E-state index contributed by atoms with van der Waals surface area (Å²) in [7, 11) is 0. The Balaban J connectivity index is 1.57. The molecule has 0 saturated carbocycles. The molecule has 0 spiro atoms. The van der Waals surface area contributed by atoms with Gasteiger partial charge in [0.2, 0.25) is 5.91 Å². The number of thiophene rings is 1. The number of likely N-dealkylation sites (tertiary alicyclic amines) is 1. The summed E-state index contributed by atoms with van der Waals surface area (Å²) in [4.78, 5) is 24.4. The van der Waals surface area contributed by atoms with Gasteiger partial charge in [-0.1, -0.05) is 18.2 Å². The Morgan fingerprint density at radius 2 is 1.96 bits per heavy atom. The quantitative estimate of drug-likeness (QED) is 0.848. The van der Waals surface area contributed by atoms with Crippen molar-refractivity contribution in [3.8, 4) is 0 Å². The summed E-state index contributed by atoms with van der Waals surface area (Å²) in [5.74, 6) is -5.50. The molecule has 1 aliphatic heterocycles. The molecule has 0 aliphatic carbocycles. The van der Waals surface area contributed by atoms with Crippen molar-refractivity contribution in [1.29, 1.82) is 0 Å². The van der Waals surface area contributed by atoms with Gasteiger partial charge in [0.25, 0.3) is 0 Å². The highest BCUT2D eigenvalue weighted by atomic mass is 32.1. The lowest BCUT2D eigenvalue weighted by molar-refractivity contribution is -0.188. The maximum absolute atomic E-state index is 13.0. The third kappa shape index (κ3) is 3.85. The molecule has 8 heteroatoms. The molecule has 2 atom stereocenters. The summed E-state index contributed by atoms with van der Waals surface area (Å²) in [5, 5.41) is 12.2. The maximum atomic E-state index is 13.0. The standard InChI is InChI=1S/C18H18F3NO3S/c19-18(20,21)14-9-22(8-13(14)17(24)25)16(23)7-3-4-11-10-26-15-6-2-1-5-12(11)15/h1-2,5-6,10,13-14H,3-4,7-9H2,(H,24,25)/t13-,14-/m1/s1. The van der Waals surface area contributed by atoms with Gasteiger partial charge >= 0.3 is 12.1 Å². The number of benzene rings is 1. The number of halogens is 3. The van der Waals surface area contributed by atoms with Crippen molar-refractivity contribution in [2.24, 2.45) is 11.8 Å². The summed E-state index contributed by atoms with van der Waals surface area (Å²) in [5.41, 5.74) is 1.12. The van der Waals surface area contributed by atoms with Crippen molar-refractivity contribution in [2.45, 2.75) is 25.4 Å². The van der Waals surface area contributed by atoms with E-state index in [9.17, 15) is 22.8 Å². The first-order valence-electron chi connectivity index (χ1n) is 8.30. The van der Waals surface area contributed by atoms with Crippen molar-refractivity contribution in [3.05, 3.63) is 35.2 Å². The highest BCUT2D eigenvalue weighted by Gasteiger charge is 2.53. The van der Waals surface area contributed by atoms with Crippen LogP contribution in [-0.4, -0.2) is 41.1 Å². The number of aliphatic carboxylic acids is 1. The van der Waals surface area contributed by atoms with Crippen molar-refractivity contribution in [1.82, 2.24) is 4.90 Å². The van der Waals surface area contributed by atoms with E-state index in [1.54, 1.807) is 11.3 Å². The van der Waals surface area contributed by atoms with Crippen LogP contribution in [0.2, 0.25) is 0 Å². The zero-order valence-corrected chi connectivity index (χ0v) is 14.6. The van der Waals surface area contributed by atoms with Crippen LogP contribution in [-0.2, 0) is 16.0 Å². The van der Waals surface area contributed by atoms with Crippen LogP contribution in [0.1, 0.15) is 18.4 Å². The minimum atomic E-state index is -4.62. The molecule has 26 heavy (non-hydrogen) atoms. The lowest BCUT2D eigenvalue weighted by atomic mass is 9.96. The fourth-order valence-corrected chi connectivity index (χ4v) is 4.40. The second-order valence-electron chi connectivity index (χ2n) is 6.50. The Morgan fingerprint density at radius 3 is 2.62 bits per heavy atom. The molecule has 1 amide bonds. The van der Waals surface area contributed by atoms with Gasteiger partial charge in [-0.05, 0) is 35.2 Å². The number of carbonyl (C=O) groups excluding carboxylic acids is 1. The molecule has 4 nitrogen and oxygen atoms in total. The first-order chi connectivity index (χ1) is 12.3. The summed E-state index contributed by atoms with van der Waals surface area (Å²) >= 11 is 1.62. The van der Waals surface area contributed by atoms with Gasteiger partial charge in [-0.3, -0.25) is 9.59 Å². The number of carboxylic acid groups (broad SMARTS) is 1. The normalized spacial score (nSPS) is 20.7. The van der Waals surface area contributed by atoms with E-state index in [-0.39, 0.29) is 13.0 Å². The van der Waals surface area contributed by atoms with Gasteiger partial charge in [0.1, 0.15) is 0 Å². The summed E-state index contributed by atoms with van der Waals surface area (Å²) in [6.45, 7) is -0.944. The van der Waals surface area contributed by atoms with Crippen LogP contribution in [0.5, 0.6) is 0 Å². The molecule has 2 aromatic rings. The number of hydrogen-bond donors (Lipinski definition) is 1. The highest BCUT2D eigenvalue weighted by molar-refractivity contribution is 7.17. The zero-order valence-electron chi connectivity index (χ0n) is 13.8. The smallest absolute Gasteiger partial charge is 0.394 e. The molecule has 1 aliphatic rings. The van der Waals surface area contributed by atoms with Crippen molar-refractivity contribution >= 4 is 33.3 Å². The second-order valence-corrected chi connectivity index (χ2v) is 7.41. The molecule has 0 bridgehead atoms. The van der Waals surface area contributed by atoms with E-state index in [1.807, 2.05) is 29.6 Å². The Hall–Kier alpha value is -2.09. The minimum Gasteiger partial charge on any atom is -0.481 e. The molecule has 1 N–H and O–H groups in total. The van der Waals surface area contributed by atoms with Crippen LogP contribution in [0, 0.1) is 11.8 Å². The van der Waals surface area contributed by atoms with Crippen molar-refractivity contribution in [3.63, 3.8) is 0 Å². The molecule has 3 rings (SSSR count). The van der Waals surface area contributed by atoms with Gasteiger partial charge in [0.15, 0.2) is 0 Å². The number of alkyl halides is 3. The number of hydrogen-bond acceptors (Lipinski definition) is 3. The molecule has 140 valence electrons. The largest absolute Gasteiger partial charge is 0.481 e. The maximum Gasteiger partial charge on any atom is 0.394 e. The van der Waals surface area contributed by atoms with Crippen LogP contribution in [0.3, 0.4) is 0 Å². The lowest BCUT2D eigenvalue weighted by Crippen LogP contribution is -2.34. The van der Waals surface area contributed by atoms with Crippen LogP contribution in [0.4, 0.5) is 13.2 Å². The molecule has 1 aromatic carbocycles. The van der Waals surface area contributed by atoms with Gasteiger partial charge in [-0.15, -0.1) is 11.3 Å². The predicted octanol–water partition coefficient (Wildman–Crippen LogP) is 3.95. The molecule has 1 saturated heterocycles. The first kappa shape index (κ1) is 18.7. The van der Waals surface area contributed by atoms with Gasteiger partial charge < -0.3 is 10.0 Å². The van der Waals surface area contributed by atoms with E-state index < -0.39 is 36.4 Å². The van der Waals surface area contributed by atoms with Crippen molar-refractivity contribution in [2.75, 3.05) is 13.1 Å². The van der Waals surface area contributed by atoms with E-state index in [0.29, 0.717) is 12.8 Å². The fourth-order valence-electron chi connectivity index (χ4n) is 3.40. The molecule has 1 fully saturated rings. The Labute approximate surface area is 152 Å². The van der Waals surface area contributed by atoms with E-state index >= 15 is 0 Å². The van der Waals surface area contributed by atoms with Crippen LogP contribution in [0.15, 0.2) is 29.6 Å². The minimum absolute atomic E-state index is 0.112. The van der Waals surface area contributed by atoms with Gasteiger partial charge in [-0.25, -0.2) is 0 Å². The van der Waals surface area contributed by atoms with E-state index in [4.69, 9.17) is 5.11 Å². The molecular formula is C18H18F3NO3S. The van der Waals surface area contributed by atoms with Crippen LogP contribution in [0.25, 0.3) is 10.1 Å². The predicted molar refractivity (Wildman–Crippen MR) is 92.0 cm³/mol. The zero-order chi connectivity index (χ0) is 18.9. The number of carbonyl (C=O) groups is 2. The Morgan fingerprint density at radius 1 is 1.23 bits per heavy atom. The molecular weight excluding hydrogens is 367 g/mol. The number of nitrogens with zero attached hydrogens (tertiary/aromatic N) is 1. The molecule has 2 heterocycles. The van der Waals surface area contributed by atoms with Gasteiger partial charge in [0.05, 0.1) is 11.8 Å². The third-order valence-electron chi connectivity index (χ3n) is 4.81. The third-order valence-corrected chi connectivity index (χ3v) is 5.82. The number of rotatable bonds is 5. The highest BCUT2D eigenvalue weighted by Crippen LogP contribution is 2.38. The van der Waals surface area contributed by atoms with E-state index in [0.717, 1.165) is 20.5 Å². The van der Waals surface area contributed by atoms with E-state index in [1.165, 1.54) is 0 Å². The monoisotopic (exact) mass is 385 g/mol. The Bertz CT molecular complexity index is 817. The Kier molecular flexibility index (Phi) is 5.22. The number of fused-ring (bicyclic) bond motifs is 1. The number of carboxylic acids is 1. The lowest BCUT2D eigenvalue weighted by Gasteiger charge is -2.18. The average Bonchev–Trinajstić information content (AvgIpc) is 3.19.